The fraction of sp³-hybridized carbons (Fsp3) is 0.0476. The SMILES string of the molecule is Cc1cn(-c2ccnc3[nH]c(-c4n[nH]c5cnc(-c6cncnc6)cc45)cc23)cn1. The Morgan fingerprint density at radius 2 is 1.87 bits per heavy atom. The van der Waals surface area contributed by atoms with E-state index in [4.69, 9.17) is 0 Å². The molecule has 0 bridgehead atoms. The molecule has 0 fully saturated rings. The van der Waals surface area contributed by atoms with E-state index >= 15 is 0 Å². The van der Waals surface area contributed by atoms with E-state index in [1.807, 2.05) is 29.8 Å². The van der Waals surface area contributed by atoms with Gasteiger partial charge in [0.05, 0.1) is 40.8 Å². The van der Waals surface area contributed by atoms with Crippen LogP contribution in [0, 0.1) is 6.92 Å². The van der Waals surface area contributed by atoms with E-state index in [2.05, 4.69) is 46.2 Å². The molecule has 9 nitrogen and oxygen atoms in total. The summed E-state index contributed by atoms with van der Waals surface area (Å²) in [5.74, 6) is 0. The maximum absolute atomic E-state index is 4.53. The summed E-state index contributed by atoms with van der Waals surface area (Å²) in [5.41, 5.74) is 6.91. The molecule has 9 heteroatoms. The van der Waals surface area contributed by atoms with Crippen molar-refractivity contribution in [3.05, 3.63) is 67.5 Å². The summed E-state index contributed by atoms with van der Waals surface area (Å²) >= 11 is 0. The van der Waals surface area contributed by atoms with Crippen LogP contribution in [-0.2, 0) is 0 Å². The number of hydrogen-bond donors (Lipinski definition) is 2. The van der Waals surface area contributed by atoms with Crippen molar-refractivity contribution in [1.82, 2.24) is 44.7 Å². The van der Waals surface area contributed by atoms with Crippen LogP contribution in [0.15, 0.2) is 61.8 Å². The predicted molar refractivity (Wildman–Crippen MR) is 112 cm³/mol. The summed E-state index contributed by atoms with van der Waals surface area (Å²) in [6.07, 6.45) is 12.3. The second-order valence-corrected chi connectivity index (χ2v) is 7.01. The number of aromatic amines is 2. The third-order valence-electron chi connectivity index (χ3n) is 5.06. The minimum Gasteiger partial charge on any atom is -0.338 e. The first kappa shape index (κ1) is 16.5. The van der Waals surface area contributed by atoms with E-state index < -0.39 is 0 Å². The van der Waals surface area contributed by atoms with Crippen molar-refractivity contribution in [2.24, 2.45) is 0 Å². The Hall–Kier alpha value is -4.40. The first-order valence-electron chi connectivity index (χ1n) is 9.35. The number of rotatable bonds is 3. The van der Waals surface area contributed by atoms with Crippen molar-refractivity contribution in [1.29, 1.82) is 0 Å². The second-order valence-electron chi connectivity index (χ2n) is 7.01. The van der Waals surface area contributed by atoms with Crippen molar-refractivity contribution >= 4 is 21.9 Å². The number of pyridine rings is 2. The Labute approximate surface area is 169 Å². The number of hydrogen-bond acceptors (Lipinski definition) is 6. The van der Waals surface area contributed by atoms with Crippen LogP contribution < -0.4 is 0 Å². The topological polar surface area (TPSA) is 114 Å². The van der Waals surface area contributed by atoms with E-state index in [0.717, 1.165) is 56.0 Å². The molecule has 0 saturated carbocycles. The maximum atomic E-state index is 4.53. The Balaban J connectivity index is 1.52. The van der Waals surface area contributed by atoms with Crippen molar-refractivity contribution in [3.63, 3.8) is 0 Å². The van der Waals surface area contributed by atoms with Crippen LogP contribution in [0.5, 0.6) is 0 Å². The second kappa shape index (κ2) is 6.31. The summed E-state index contributed by atoms with van der Waals surface area (Å²) < 4.78 is 2.00. The number of nitrogens with one attached hydrogen (secondary N) is 2. The molecule has 30 heavy (non-hydrogen) atoms. The molecule has 0 amide bonds. The number of fused-ring (bicyclic) bond motifs is 2. The summed E-state index contributed by atoms with van der Waals surface area (Å²) in [5, 5.41) is 9.53. The lowest BCUT2D eigenvalue weighted by Gasteiger charge is -2.02. The van der Waals surface area contributed by atoms with Gasteiger partial charge in [-0.15, -0.1) is 0 Å². The Bertz CT molecular complexity index is 1510. The minimum absolute atomic E-state index is 0.787. The molecule has 0 unspecified atom stereocenters. The zero-order valence-corrected chi connectivity index (χ0v) is 15.9. The van der Waals surface area contributed by atoms with Crippen LogP contribution in [0.25, 0.3) is 50.3 Å². The molecule has 144 valence electrons. The molecule has 0 aliphatic carbocycles. The van der Waals surface area contributed by atoms with Gasteiger partial charge in [-0.2, -0.15) is 5.10 Å². The fourth-order valence-corrected chi connectivity index (χ4v) is 3.63. The quantitative estimate of drug-likeness (QED) is 0.476. The molecule has 0 atom stereocenters. The lowest BCUT2D eigenvalue weighted by Crippen LogP contribution is -1.91. The predicted octanol–water partition coefficient (Wildman–Crippen LogP) is 3.45. The van der Waals surface area contributed by atoms with Gasteiger partial charge in [0.25, 0.3) is 0 Å². The number of imidazole rings is 1. The van der Waals surface area contributed by atoms with Crippen LogP contribution in [-0.4, -0.2) is 44.7 Å². The van der Waals surface area contributed by atoms with E-state index in [1.54, 1.807) is 31.1 Å². The number of aryl methyl sites for hydroxylation is 1. The van der Waals surface area contributed by atoms with Crippen molar-refractivity contribution in [2.45, 2.75) is 6.92 Å². The van der Waals surface area contributed by atoms with Gasteiger partial charge in [-0.25, -0.2) is 19.9 Å². The maximum Gasteiger partial charge on any atom is 0.139 e. The highest BCUT2D eigenvalue weighted by atomic mass is 15.1. The van der Waals surface area contributed by atoms with E-state index in [-0.39, 0.29) is 0 Å². The Kier molecular flexibility index (Phi) is 3.48. The first-order valence-corrected chi connectivity index (χ1v) is 9.35. The van der Waals surface area contributed by atoms with Gasteiger partial charge in [0.1, 0.15) is 17.7 Å². The van der Waals surface area contributed by atoms with Crippen LogP contribution in [0.4, 0.5) is 0 Å². The lowest BCUT2D eigenvalue weighted by molar-refractivity contribution is 1.06. The molecule has 6 aromatic rings. The summed E-state index contributed by atoms with van der Waals surface area (Å²) in [6.45, 7) is 1.97. The number of nitrogens with zero attached hydrogens (tertiary/aromatic N) is 7. The highest BCUT2D eigenvalue weighted by Gasteiger charge is 2.15. The molecule has 0 radical (unpaired) electrons. The van der Waals surface area contributed by atoms with Gasteiger partial charge in [0.2, 0.25) is 0 Å². The lowest BCUT2D eigenvalue weighted by atomic mass is 10.1. The average molecular weight is 393 g/mol. The highest BCUT2D eigenvalue weighted by Crippen LogP contribution is 2.31. The summed E-state index contributed by atoms with van der Waals surface area (Å²) in [4.78, 5) is 24.9. The Morgan fingerprint density at radius 1 is 0.967 bits per heavy atom. The van der Waals surface area contributed by atoms with E-state index in [9.17, 15) is 0 Å². The fourth-order valence-electron chi connectivity index (χ4n) is 3.63. The van der Waals surface area contributed by atoms with Gasteiger partial charge in [-0.05, 0) is 25.1 Å². The van der Waals surface area contributed by atoms with Gasteiger partial charge < -0.3 is 9.55 Å². The van der Waals surface area contributed by atoms with E-state index in [0.29, 0.717) is 0 Å². The van der Waals surface area contributed by atoms with Gasteiger partial charge in [0, 0.05) is 41.1 Å². The molecule has 0 aliphatic heterocycles. The zero-order chi connectivity index (χ0) is 20.1. The molecule has 2 N–H and O–H groups in total. The monoisotopic (exact) mass is 393 g/mol. The molecule has 0 saturated heterocycles. The first-order chi connectivity index (χ1) is 14.8. The van der Waals surface area contributed by atoms with Gasteiger partial charge in [-0.1, -0.05) is 0 Å². The number of aromatic nitrogens is 9. The van der Waals surface area contributed by atoms with Crippen molar-refractivity contribution in [2.75, 3.05) is 0 Å². The molecular formula is C21H15N9. The standard InChI is InChI=1S/C21H15N9/c1-12-9-30(11-26-12)19-2-3-24-21-15(19)5-17(27-21)20-14-4-16(13-6-22-10-23-7-13)25-8-18(14)28-29-20/h2-11H,1H3,(H,24,27)(H,28,29). The molecule has 0 aliphatic rings. The van der Waals surface area contributed by atoms with Gasteiger partial charge >= 0.3 is 0 Å². The third kappa shape index (κ3) is 2.56. The molecular weight excluding hydrogens is 378 g/mol. The van der Waals surface area contributed by atoms with Crippen LogP contribution >= 0.6 is 0 Å². The highest BCUT2D eigenvalue weighted by molar-refractivity contribution is 5.97. The zero-order valence-electron chi connectivity index (χ0n) is 15.9. The van der Waals surface area contributed by atoms with Crippen molar-refractivity contribution in [3.8, 4) is 28.3 Å². The summed E-state index contributed by atoms with van der Waals surface area (Å²) in [6, 6.07) is 6.03. The average Bonchev–Trinajstić information content (AvgIpc) is 3.51. The van der Waals surface area contributed by atoms with Crippen LogP contribution in [0.3, 0.4) is 0 Å². The summed E-state index contributed by atoms with van der Waals surface area (Å²) in [7, 11) is 0. The normalized spacial score (nSPS) is 11.5. The number of H-pyrrole nitrogens is 2. The van der Waals surface area contributed by atoms with Crippen LogP contribution in [0.1, 0.15) is 5.69 Å². The smallest absolute Gasteiger partial charge is 0.139 e. The third-order valence-corrected chi connectivity index (χ3v) is 5.06. The molecule has 6 rings (SSSR count). The van der Waals surface area contributed by atoms with Gasteiger partial charge in [0.15, 0.2) is 0 Å². The van der Waals surface area contributed by atoms with Crippen LogP contribution in [0.2, 0.25) is 0 Å². The largest absolute Gasteiger partial charge is 0.338 e. The molecule has 0 spiro atoms. The molecule has 6 aromatic heterocycles. The van der Waals surface area contributed by atoms with E-state index in [1.165, 1.54) is 6.33 Å². The Morgan fingerprint density at radius 3 is 2.70 bits per heavy atom. The minimum atomic E-state index is 0.787. The molecule has 0 aromatic carbocycles. The van der Waals surface area contributed by atoms with Gasteiger partial charge in [-0.3, -0.25) is 10.1 Å². The van der Waals surface area contributed by atoms with Crippen molar-refractivity contribution < 1.29 is 0 Å². The molecule has 6 heterocycles.